The highest BCUT2D eigenvalue weighted by atomic mass is 19.1. The lowest BCUT2D eigenvalue weighted by atomic mass is 10.2. The van der Waals surface area contributed by atoms with Crippen molar-refractivity contribution in [1.82, 2.24) is 4.90 Å². The van der Waals surface area contributed by atoms with Gasteiger partial charge < -0.3 is 10.2 Å². The summed E-state index contributed by atoms with van der Waals surface area (Å²) in [6.45, 7) is 3.30. The average molecular weight is 222 g/mol. The Bertz CT molecular complexity index is 400. The van der Waals surface area contributed by atoms with Crippen LogP contribution in [0.2, 0.25) is 0 Å². The van der Waals surface area contributed by atoms with Crippen LogP contribution in [-0.2, 0) is 0 Å². The molecule has 3 nitrogen and oxygen atoms in total. The molecular formula is C12H15FN2O. The van der Waals surface area contributed by atoms with E-state index in [9.17, 15) is 9.18 Å². The molecule has 1 heterocycles. The molecule has 1 N–H and O–H groups in total. The van der Waals surface area contributed by atoms with Crippen molar-refractivity contribution in [3.8, 4) is 0 Å². The van der Waals surface area contributed by atoms with Crippen molar-refractivity contribution in [2.75, 3.05) is 18.4 Å². The fraction of sp³-hybridized carbons (Fsp3) is 0.417. The average Bonchev–Trinajstić information content (AvgIpc) is 2.77. The smallest absolute Gasteiger partial charge is 0.321 e. The van der Waals surface area contributed by atoms with Crippen LogP contribution in [0.5, 0.6) is 0 Å². The molecule has 1 saturated heterocycles. The number of halogens is 1. The van der Waals surface area contributed by atoms with Gasteiger partial charge in [-0.2, -0.15) is 0 Å². The summed E-state index contributed by atoms with van der Waals surface area (Å²) < 4.78 is 13.0. The third-order valence-electron chi connectivity index (χ3n) is 2.80. The van der Waals surface area contributed by atoms with Gasteiger partial charge in [-0.25, -0.2) is 9.18 Å². The Morgan fingerprint density at radius 3 is 2.69 bits per heavy atom. The summed E-state index contributed by atoms with van der Waals surface area (Å²) in [5, 5.41) is 2.77. The number of rotatable bonds is 1. The monoisotopic (exact) mass is 222 g/mol. The van der Waals surface area contributed by atoms with Gasteiger partial charge in [0.25, 0.3) is 0 Å². The van der Waals surface area contributed by atoms with E-state index in [2.05, 4.69) is 5.32 Å². The number of carbonyl (C=O) groups is 1. The van der Waals surface area contributed by atoms with Gasteiger partial charge in [0, 0.05) is 18.8 Å². The molecule has 1 fully saturated rings. The number of benzene rings is 1. The van der Waals surface area contributed by atoms with Crippen LogP contribution in [0.25, 0.3) is 0 Å². The molecule has 2 amide bonds. The Hall–Kier alpha value is -1.58. The predicted molar refractivity (Wildman–Crippen MR) is 61.0 cm³/mol. The SMILES string of the molecule is Cc1cc(NC(=O)N2CCCC2)ccc1F. The lowest BCUT2D eigenvalue weighted by Gasteiger charge is -2.16. The number of anilines is 1. The Labute approximate surface area is 94.3 Å². The van der Waals surface area contributed by atoms with Gasteiger partial charge in [-0.1, -0.05) is 0 Å². The number of nitrogens with one attached hydrogen (secondary N) is 1. The highest BCUT2D eigenvalue weighted by Gasteiger charge is 2.17. The molecular weight excluding hydrogens is 207 g/mol. The molecule has 16 heavy (non-hydrogen) atoms. The molecule has 1 aliphatic rings. The van der Waals surface area contributed by atoms with E-state index in [1.165, 1.54) is 6.07 Å². The standard InChI is InChI=1S/C12H15FN2O/c1-9-8-10(4-5-11(9)13)14-12(16)15-6-2-3-7-15/h4-5,8H,2-3,6-7H2,1H3,(H,14,16). The number of nitrogens with zero attached hydrogens (tertiary/aromatic N) is 1. The molecule has 0 saturated carbocycles. The minimum atomic E-state index is -0.251. The molecule has 0 radical (unpaired) electrons. The molecule has 0 atom stereocenters. The van der Waals surface area contributed by atoms with Gasteiger partial charge in [-0.15, -0.1) is 0 Å². The topological polar surface area (TPSA) is 32.3 Å². The van der Waals surface area contributed by atoms with E-state index in [-0.39, 0.29) is 11.8 Å². The van der Waals surface area contributed by atoms with Crippen LogP contribution >= 0.6 is 0 Å². The first-order valence-electron chi connectivity index (χ1n) is 5.49. The Kier molecular flexibility index (Phi) is 3.08. The number of carbonyl (C=O) groups excluding carboxylic acids is 1. The molecule has 0 spiro atoms. The number of amides is 2. The fourth-order valence-electron chi connectivity index (χ4n) is 1.85. The summed E-state index contributed by atoms with van der Waals surface area (Å²) in [7, 11) is 0. The fourth-order valence-corrected chi connectivity index (χ4v) is 1.85. The van der Waals surface area contributed by atoms with Crippen LogP contribution in [0.4, 0.5) is 14.9 Å². The third kappa shape index (κ3) is 2.32. The third-order valence-corrected chi connectivity index (χ3v) is 2.80. The molecule has 1 aromatic rings. The molecule has 0 unspecified atom stereocenters. The number of aryl methyl sites for hydroxylation is 1. The minimum Gasteiger partial charge on any atom is -0.325 e. The zero-order valence-electron chi connectivity index (χ0n) is 9.29. The van der Waals surface area contributed by atoms with E-state index in [1.807, 2.05) is 0 Å². The molecule has 86 valence electrons. The largest absolute Gasteiger partial charge is 0.325 e. The van der Waals surface area contributed by atoms with E-state index in [0.717, 1.165) is 25.9 Å². The lowest BCUT2D eigenvalue weighted by molar-refractivity contribution is 0.222. The molecule has 2 rings (SSSR count). The van der Waals surface area contributed by atoms with Crippen molar-refractivity contribution in [3.63, 3.8) is 0 Å². The van der Waals surface area contributed by atoms with Gasteiger partial charge >= 0.3 is 6.03 Å². The summed E-state index contributed by atoms with van der Waals surface area (Å²) in [4.78, 5) is 13.5. The van der Waals surface area contributed by atoms with Crippen LogP contribution in [0.15, 0.2) is 18.2 Å². The Morgan fingerprint density at radius 2 is 2.06 bits per heavy atom. The first-order chi connectivity index (χ1) is 7.66. The molecule has 4 heteroatoms. The number of hydrogen-bond donors (Lipinski definition) is 1. The van der Waals surface area contributed by atoms with Gasteiger partial charge in [0.05, 0.1) is 0 Å². The number of urea groups is 1. The van der Waals surface area contributed by atoms with Crippen molar-refractivity contribution in [2.45, 2.75) is 19.8 Å². The maximum absolute atomic E-state index is 13.0. The minimum absolute atomic E-state index is 0.0940. The van der Waals surface area contributed by atoms with Crippen LogP contribution in [-0.4, -0.2) is 24.0 Å². The van der Waals surface area contributed by atoms with E-state index < -0.39 is 0 Å². The Balaban J connectivity index is 2.02. The zero-order chi connectivity index (χ0) is 11.5. The molecule has 1 aliphatic heterocycles. The predicted octanol–water partition coefficient (Wildman–Crippen LogP) is 2.76. The van der Waals surface area contributed by atoms with Crippen LogP contribution < -0.4 is 5.32 Å². The number of hydrogen-bond acceptors (Lipinski definition) is 1. The van der Waals surface area contributed by atoms with E-state index in [1.54, 1.807) is 24.0 Å². The highest BCUT2D eigenvalue weighted by molar-refractivity contribution is 5.89. The van der Waals surface area contributed by atoms with Gasteiger partial charge in [-0.3, -0.25) is 0 Å². The van der Waals surface area contributed by atoms with Crippen molar-refractivity contribution in [2.24, 2.45) is 0 Å². The van der Waals surface area contributed by atoms with Crippen LogP contribution in [0, 0.1) is 12.7 Å². The van der Waals surface area contributed by atoms with E-state index in [4.69, 9.17) is 0 Å². The van der Waals surface area contributed by atoms with Crippen LogP contribution in [0.1, 0.15) is 18.4 Å². The number of likely N-dealkylation sites (tertiary alicyclic amines) is 1. The molecule has 0 aliphatic carbocycles. The van der Waals surface area contributed by atoms with Gasteiger partial charge in [0.2, 0.25) is 0 Å². The second-order valence-corrected chi connectivity index (χ2v) is 4.09. The summed E-state index contributed by atoms with van der Waals surface area (Å²) in [5.41, 5.74) is 1.19. The second-order valence-electron chi connectivity index (χ2n) is 4.09. The lowest BCUT2D eigenvalue weighted by Crippen LogP contribution is -2.32. The molecule has 1 aromatic carbocycles. The van der Waals surface area contributed by atoms with Gasteiger partial charge in [0.1, 0.15) is 5.82 Å². The van der Waals surface area contributed by atoms with Gasteiger partial charge in [-0.05, 0) is 43.5 Å². The van der Waals surface area contributed by atoms with Crippen molar-refractivity contribution >= 4 is 11.7 Å². The maximum Gasteiger partial charge on any atom is 0.321 e. The summed E-state index contributed by atoms with van der Waals surface area (Å²) in [5.74, 6) is -0.251. The summed E-state index contributed by atoms with van der Waals surface area (Å²) in [6, 6.07) is 4.50. The quantitative estimate of drug-likeness (QED) is 0.778. The first kappa shape index (κ1) is 10.9. The van der Waals surface area contributed by atoms with Crippen molar-refractivity contribution < 1.29 is 9.18 Å². The highest BCUT2D eigenvalue weighted by Crippen LogP contribution is 2.15. The van der Waals surface area contributed by atoms with E-state index in [0.29, 0.717) is 11.3 Å². The first-order valence-corrected chi connectivity index (χ1v) is 5.49. The maximum atomic E-state index is 13.0. The van der Waals surface area contributed by atoms with Crippen LogP contribution in [0.3, 0.4) is 0 Å². The molecule has 0 bridgehead atoms. The second kappa shape index (κ2) is 4.51. The van der Waals surface area contributed by atoms with Gasteiger partial charge in [0.15, 0.2) is 0 Å². The van der Waals surface area contributed by atoms with E-state index >= 15 is 0 Å². The zero-order valence-corrected chi connectivity index (χ0v) is 9.29. The Morgan fingerprint density at radius 1 is 1.38 bits per heavy atom. The normalized spacial score (nSPS) is 15.2. The summed E-state index contributed by atoms with van der Waals surface area (Å²) >= 11 is 0. The molecule has 0 aromatic heterocycles. The van der Waals surface area contributed by atoms with Crippen molar-refractivity contribution in [3.05, 3.63) is 29.6 Å². The van der Waals surface area contributed by atoms with Crippen molar-refractivity contribution in [1.29, 1.82) is 0 Å². The summed E-state index contributed by atoms with van der Waals surface area (Å²) in [6.07, 6.45) is 2.13.